The van der Waals surface area contributed by atoms with E-state index in [1.54, 1.807) is 0 Å². The Labute approximate surface area is 109 Å². The highest BCUT2D eigenvalue weighted by molar-refractivity contribution is 6.20. The molecule has 1 rings (SSSR count). The molecule has 1 heterocycles. The van der Waals surface area contributed by atoms with E-state index in [-0.39, 0.29) is 17.5 Å². The summed E-state index contributed by atoms with van der Waals surface area (Å²) in [5.74, 6) is 0. The third-order valence-electron chi connectivity index (χ3n) is 2.85. The molecular weight excluding hydrogens is 238 g/mol. The number of alkyl halides is 1. The van der Waals surface area contributed by atoms with Crippen molar-refractivity contribution in [3.63, 3.8) is 0 Å². The quantitative estimate of drug-likeness (QED) is 0.708. The molecule has 0 bridgehead atoms. The number of amides is 1. The Bertz CT molecular complexity index is 261. The first-order valence-electron chi connectivity index (χ1n) is 6.43. The summed E-state index contributed by atoms with van der Waals surface area (Å²) < 4.78 is 5.43. The molecule has 1 amide bonds. The van der Waals surface area contributed by atoms with Crippen LogP contribution in [-0.4, -0.2) is 34.6 Å². The van der Waals surface area contributed by atoms with Crippen molar-refractivity contribution in [2.45, 2.75) is 70.4 Å². The third kappa shape index (κ3) is 5.15. The van der Waals surface area contributed by atoms with Gasteiger partial charge in [0.2, 0.25) is 0 Å². The molecule has 2 unspecified atom stereocenters. The molecule has 0 aromatic rings. The summed E-state index contributed by atoms with van der Waals surface area (Å²) in [6.07, 6.45) is 3.93. The molecule has 1 fully saturated rings. The second-order valence-corrected chi connectivity index (χ2v) is 6.58. The van der Waals surface area contributed by atoms with Gasteiger partial charge in [-0.2, -0.15) is 0 Å². The van der Waals surface area contributed by atoms with E-state index in [1.165, 1.54) is 6.42 Å². The molecule has 0 N–H and O–H groups in total. The first kappa shape index (κ1) is 14.6. The predicted molar refractivity (Wildman–Crippen MR) is 70.5 cm³/mol. The zero-order chi connectivity index (χ0) is 13.1. The number of piperidine rings is 1. The fourth-order valence-electron chi connectivity index (χ4n) is 2.18. The minimum Gasteiger partial charge on any atom is -0.444 e. The average molecular weight is 262 g/mol. The van der Waals surface area contributed by atoms with Gasteiger partial charge in [0.15, 0.2) is 0 Å². The Kier molecular flexibility index (Phi) is 5.11. The van der Waals surface area contributed by atoms with E-state index >= 15 is 0 Å². The smallest absolute Gasteiger partial charge is 0.410 e. The van der Waals surface area contributed by atoms with Crippen LogP contribution >= 0.6 is 11.6 Å². The second kappa shape index (κ2) is 5.94. The second-order valence-electron chi connectivity index (χ2n) is 5.84. The van der Waals surface area contributed by atoms with E-state index in [2.05, 4.69) is 0 Å². The van der Waals surface area contributed by atoms with Crippen LogP contribution in [0.25, 0.3) is 0 Å². The van der Waals surface area contributed by atoms with Crippen LogP contribution in [0.15, 0.2) is 0 Å². The Morgan fingerprint density at radius 3 is 2.65 bits per heavy atom. The molecule has 1 aliphatic heterocycles. The molecule has 3 nitrogen and oxygen atoms in total. The van der Waals surface area contributed by atoms with Crippen molar-refractivity contribution >= 4 is 17.7 Å². The van der Waals surface area contributed by atoms with Crippen LogP contribution in [0.5, 0.6) is 0 Å². The van der Waals surface area contributed by atoms with Crippen molar-refractivity contribution in [2.24, 2.45) is 0 Å². The number of rotatable bonds is 2. The fraction of sp³-hybridized carbons (Fsp3) is 0.923. The van der Waals surface area contributed by atoms with Crippen molar-refractivity contribution in [1.82, 2.24) is 4.90 Å². The third-order valence-corrected chi connectivity index (χ3v) is 3.03. The van der Waals surface area contributed by atoms with Gasteiger partial charge in [0.05, 0.1) is 0 Å². The Hall–Kier alpha value is -0.440. The van der Waals surface area contributed by atoms with E-state index in [1.807, 2.05) is 32.6 Å². The van der Waals surface area contributed by atoms with Gasteiger partial charge in [0, 0.05) is 18.0 Å². The number of hydrogen-bond donors (Lipinski definition) is 0. The average Bonchev–Trinajstić information content (AvgIpc) is 2.14. The molecule has 1 aliphatic rings. The predicted octanol–water partition coefficient (Wildman–Crippen LogP) is 3.79. The summed E-state index contributed by atoms with van der Waals surface area (Å²) >= 11 is 6.04. The molecule has 0 spiro atoms. The van der Waals surface area contributed by atoms with E-state index in [9.17, 15) is 4.79 Å². The summed E-state index contributed by atoms with van der Waals surface area (Å²) in [7, 11) is 0. The zero-order valence-electron chi connectivity index (χ0n) is 11.3. The Morgan fingerprint density at radius 2 is 2.12 bits per heavy atom. The maximum atomic E-state index is 12.1. The zero-order valence-corrected chi connectivity index (χ0v) is 12.1. The maximum absolute atomic E-state index is 12.1. The molecule has 0 aromatic carbocycles. The van der Waals surface area contributed by atoms with Gasteiger partial charge in [0.25, 0.3) is 0 Å². The highest BCUT2D eigenvalue weighted by Crippen LogP contribution is 2.24. The maximum Gasteiger partial charge on any atom is 0.410 e. The Balaban J connectivity index is 2.61. The summed E-state index contributed by atoms with van der Waals surface area (Å²) in [5.41, 5.74) is -0.425. The van der Waals surface area contributed by atoms with Gasteiger partial charge in [-0.3, -0.25) is 0 Å². The van der Waals surface area contributed by atoms with Crippen LogP contribution in [0.2, 0.25) is 0 Å². The minimum atomic E-state index is -0.425. The number of nitrogens with zero attached hydrogens (tertiary/aromatic N) is 1. The molecule has 4 heteroatoms. The lowest BCUT2D eigenvalue weighted by molar-refractivity contribution is 0.00894. The summed E-state index contributed by atoms with van der Waals surface area (Å²) in [6.45, 7) is 8.46. The number of ether oxygens (including phenoxy) is 1. The monoisotopic (exact) mass is 261 g/mol. The molecule has 1 saturated heterocycles. The molecule has 100 valence electrons. The van der Waals surface area contributed by atoms with Crippen molar-refractivity contribution in [1.29, 1.82) is 0 Å². The number of carbonyl (C=O) groups is 1. The molecule has 0 aromatic heterocycles. The highest BCUT2D eigenvalue weighted by Gasteiger charge is 2.30. The van der Waals surface area contributed by atoms with Crippen molar-refractivity contribution in [3.8, 4) is 0 Å². The van der Waals surface area contributed by atoms with Crippen LogP contribution in [0.4, 0.5) is 4.79 Å². The standard InChI is InChI=1S/C13H24ClNO2/c1-10(14)9-11-7-5-6-8-15(11)12(16)17-13(2,3)4/h10-11H,5-9H2,1-4H3. The largest absolute Gasteiger partial charge is 0.444 e. The lowest BCUT2D eigenvalue weighted by Gasteiger charge is -2.37. The summed E-state index contributed by atoms with van der Waals surface area (Å²) in [4.78, 5) is 13.9. The van der Waals surface area contributed by atoms with Gasteiger partial charge in [-0.15, -0.1) is 11.6 Å². The van der Waals surface area contributed by atoms with Gasteiger partial charge >= 0.3 is 6.09 Å². The SMILES string of the molecule is CC(Cl)CC1CCCCN1C(=O)OC(C)(C)C. The first-order chi connectivity index (χ1) is 7.79. The van der Waals surface area contributed by atoms with Crippen LogP contribution in [0.1, 0.15) is 53.4 Å². The summed E-state index contributed by atoms with van der Waals surface area (Å²) in [6, 6.07) is 0.242. The first-order valence-corrected chi connectivity index (χ1v) is 6.87. The van der Waals surface area contributed by atoms with Crippen LogP contribution in [0.3, 0.4) is 0 Å². The lowest BCUT2D eigenvalue weighted by atomic mass is 9.98. The minimum absolute atomic E-state index is 0.100. The van der Waals surface area contributed by atoms with Crippen molar-refractivity contribution in [2.75, 3.05) is 6.54 Å². The fourth-order valence-corrected chi connectivity index (χ4v) is 2.39. The van der Waals surface area contributed by atoms with Gasteiger partial charge in [-0.1, -0.05) is 0 Å². The molecule has 0 saturated carbocycles. The summed E-state index contributed by atoms with van der Waals surface area (Å²) in [5, 5.41) is 0.100. The van der Waals surface area contributed by atoms with E-state index in [4.69, 9.17) is 16.3 Å². The van der Waals surface area contributed by atoms with E-state index in [0.29, 0.717) is 0 Å². The van der Waals surface area contributed by atoms with E-state index < -0.39 is 5.60 Å². The molecule has 0 aliphatic carbocycles. The van der Waals surface area contributed by atoms with Gasteiger partial charge in [0.1, 0.15) is 5.60 Å². The van der Waals surface area contributed by atoms with Crippen LogP contribution < -0.4 is 0 Å². The number of hydrogen-bond acceptors (Lipinski definition) is 2. The molecule has 0 radical (unpaired) electrons. The van der Waals surface area contributed by atoms with Crippen LogP contribution in [-0.2, 0) is 4.74 Å². The lowest BCUT2D eigenvalue weighted by Crippen LogP contribution is -2.46. The number of likely N-dealkylation sites (tertiary alicyclic amines) is 1. The molecule has 2 atom stereocenters. The van der Waals surface area contributed by atoms with Gasteiger partial charge in [-0.05, 0) is 53.4 Å². The van der Waals surface area contributed by atoms with Gasteiger partial charge < -0.3 is 9.64 Å². The van der Waals surface area contributed by atoms with E-state index in [0.717, 1.165) is 25.8 Å². The van der Waals surface area contributed by atoms with Gasteiger partial charge in [-0.25, -0.2) is 4.79 Å². The van der Waals surface area contributed by atoms with Crippen LogP contribution in [0, 0.1) is 0 Å². The van der Waals surface area contributed by atoms with Crippen molar-refractivity contribution in [3.05, 3.63) is 0 Å². The van der Waals surface area contributed by atoms with Crippen molar-refractivity contribution < 1.29 is 9.53 Å². The number of halogens is 1. The Morgan fingerprint density at radius 1 is 1.47 bits per heavy atom. The number of carbonyl (C=O) groups excluding carboxylic acids is 1. The molecule has 17 heavy (non-hydrogen) atoms. The molecular formula is C13H24ClNO2. The highest BCUT2D eigenvalue weighted by atomic mass is 35.5. The topological polar surface area (TPSA) is 29.5 Å². The normalized spacial score (nSPS) is 23.4.